The maximum absolute atomic E-state index is 13.3. The zero-order chi connectivity index (χ0) is 26.6. The minimum atomic E-state index is -4.84. The maximum atomic E-state index is 13.3. The number of nitrogens with zero attached hydrogens (tertiary/aromatic N) is 2. The van der Waals surface area contributed by atoms with Crippen LogP contribution in [0.4, 0.5) is 18.9 Å². The van der Waals surface area contributed by atoms with Crippen molar-refractivity contribution in [2.24, 2.45) is 0 Å². The number of rotatable bonds is 9. The monoisotopic (exact) mass is 535 g/mol. The first-order chi connectivity index (χ1) is 16.2. The van der Waals surface area contributed by atoms with Gasteiger partial charge in [0.05, 0.1) is 29.6 Å². The lowest BCUT2D eigenvalue weighted by Gasteiger charge is -2.31. The zero-order valence-electron chi connectivity index (χ0n) is 19.4. The Morgan fingerprint density at radius 1 is 1.17 bits per heavy atom. The van der Waals surface area contributed by atoms with E-state index in [1.54, 1.807) is 24.3 Å². The summed E-state index contributed by atoms with van der Waals surface area (Å²) in [4.78, 5) is 26.7. The molecule has 2 aromatic rings. The summed E-state index contributed by atoms with van der Waals surface area (Å²) in [5.74, 6) is -0.822. The summed E-state index contributed by atoms with van der Waals surface area (Å²) in [6, 6.07) is 8.20. The van der Waals surface area contributed by atoms with E-state index in [0.29, 0.717) is 21.7 Å². The number of ether oxygens (including phenoxy) is 1. The Hall–Kier alpha value is -2.99. The fourth-order valence-electron chi connectivity index (χ4n) is 3.26. The SMILES string of the molecule is CNC(=O)[C@@H](C)N(Cc1cccc(OC)c1)C(=O)CN(c1ccc(Cl)c(C(F)(F)F)c1)S(C)(=O)=O. The molecule has 0 heterocycles. The summed E-state index contributed by atoms with van der Waals surface area (Å²) in [6.07, 6.45) is -4.08. The van der Waals surface area contributed by atoms with Crippen LogP contribution in [-0.2, 0) is 32.3 Å². The van der Waals surface area contributed by atoms with Crippen LogP contribution in [0.1, 0.15) is 18.1 Å². The summed E-state index contributed by atoms with van der Waals surface area (Å²) in [7, 11) is -1.37. The number of carbonyl (C=O) groups excluding carboxylic acids is 2. The summed E-state index contributed by atoms with van der Waals surface area (Å²) in [5.41, 5.74) is -1.05. The standard InChI is InChI=1S/C22H25ClF3N3O5S/c1-14(21(31)27-2)28(12-15-6-5-7-17(10-15)34-3)20(30)13-29(35(4,32)33)16-8-9-19(23)18(11-16)22(24,25)26/h5-11,14H,12-13H2,1-4H3,(H,27,31)/t14-/m1/s1. The molecule has 13 heteroatoms. The van der Waals surface area contributed by atoms with Crippen molar-refractivity contribution < 1.29 is 35.9 Å². The Morgan fingerprint density at radius 2 is 1.83 bits per heavy atom. The van der Waals surface area contributed by atoms with Crippen molar-refractivity contribution in [3.05, 3.63) is 58.6 Å². The number of nitrogens with one attached hydrogen (secondary N) is 1. The minimum absolute atomic E-state index is 0.0867. The van der Waals surface area contributed by atoms with Gasteiger partial charge < -0.3 is 15.0 Å². The van der Waals surface area contributed by atoms with Crippen LogP contribution in [0.2, 0.25) is 5.02 Å². The fourth-order valence-corrected chi connectivity index (χ4v) is 4.32. The number of methoxy groups -OCH3 is 1. The quantitative estimate of drug-likeness (QED) is 0.531. The summed E-state index contributed by atoms with van der Waals surface area (Å²) in [5, 5.41) is 1.81. The molecule has 192 valence electrons. The van der Waals surface area contributed by atoms with Gasteiger partial charge in [0.25, 0.3) is 0 Å². The van der Waals surface area contributed by atoms with Crippen LogP contribution < -0.4 is 14.4 Å². The van der Waals surface area contributed by atoms with Gasteiger partial charge in [-0.15, -0.1) is 0 Å². The Labute approximate surface area is 206 Å². The highest BCUT2D eigenvalue weighted by Gasteiger charge is 2.35. The van der Waals surface area contributed by atoms with Gasteiger partial charge in [-0.2, -0.15) is 13.2 Å². The number of likely N-dealkylation sites (N-methyl/N-ethyl adjacent to an activating group) is 1. The van der Waals surface area contributed by atoms with E-state index in [0.717, 1.165) is 23.3 Å². The van der Waals surface area contributed by atoms with Crippen LogP contribution >= 0.6 is 11.6 Å². The van der Waals surface area contributed by atoms with Crippen LogP contribution in [0.5, 0.6) is 5.75 Å². The number of hydrogen-bond donors (Lipinski definition) is 1. The Kier molecular flexibility index (Phi) is 9.01. The molecular formula is C22H25ClF3N3O5S. The van der Waals surface area contributed by atoms with Crippen LogP contribution in [0, 0.1) is 0 Å². The van der Waals surface area contributed by atoms with Crippen LogP contribution in [0.3, 0.4) is 0 Å². The third-order valence-electron chi connectivity index (χ3n) is 5.12. The first-order valence-corrected chi connectivity index (χ1v) is 12.4. The number of alkyl halides is 3. The second-order valence-electron chi connectivity index (χ2n) is 7.59. The molecule has 0 spiro atoms. The average molecular weight is 536 g/mol. The second-order valence-corrected chi connectivity index (χ2v) is 9.91. The molecule has 2 aromatic carbocycles. The predicted octanol–water partition coefficient (Wildman–Crippen LogP) is 3.30. The van der Waals surface area contributed by atoms with E-state index in [1.165, 1.54) is 21.1 Å². The lowest BCUT2D eigenvalue weighted by atomic mass is 10.1. The molecule has 0 radical (unpaired) electrons. The Balaban J connectivity index is 2.48. The number of amides is 2. The van der Waals surface area contributed by atoms with Crippen molar-refractivity contribution in [2.45, 2.75) is 25.7 Å². The third kappa shape index (κ3) is 7.25. The average Bonchev–Trinajstić information content (AvgIpc) is 2.79. The molecule has 0 aliphatic heterocycles. The first-order valence-electron chi connectivity index (χ1n) is 10.2. The lowest BCUT2D eigenvalue weighted by molar-refractivity contribution is -0.139. The van der Waals surface area contributed by atoms with E-state index in [9.17, 15) is 31.2 Å². The molecule has 2 amide bonds. The highest BCUT2D eigenvalue weighted by Crippen LogP contribution is 2.37. The second kappa shape index (κ2) is 11.2. The predicted molar refractivity (Wildman–Crippen MR) is 126 cm³/mol. The van der Waals surface area contributed by atoms with Gasteiger partial charge in [0.1, 0.15) is 18.3 Å². The molecule has 35 heavy (non-hydrogen) atoms. The van der Waals surface area contributed by atoms with Gasteiger partial charge in [0, 0.05) is 13.6 Å². The summed E-state index contributed by atoms with van der Waals surface area (Å²) < 4.78 is 70.7. The van der Waals surface area contributed by atoms with Crippen LogP contribution in [-0.4, -0.2) is 58.1 Å². The van der Waals surface area contributed by atoms with Crippen molar-refractivity contribution in [1.29, 1.82) is 0 Å². The molecule has 1 N–H and O–H groups in total. The molecule has 0 unspecified atom stereocenters. The molecule has 1 atom stereocenters. The largest absolute Gasteiger partial charge is 0.497 e. The first kappa shape index (κ1) is 28.2. The van der Waals surface area contributed by atoms with Gasteiger partial charge >= 0.3 is 6.18 Å². The minimum Gasteiger partial charge on any atom is -0.497 e. The van der Waals surface area contributed by atoms with E-state index in [1.807, 2.05) is 0 Å². The van der Waals surface area contributed by atoms with Crippen molar-refractivity contribution in [1.82, 2.24) is 10.2 Å². The molecule has 0 saturated heterocycles. The van der Waals surface area contributed by atoms with E-state index in [2.05, 4.69) is 5.32 Å². The van der Waals surface area contributed by atoms with Gasteiger partial charge in [-0.25, -0.2) is 8.42 Å². The number of carbonyl (C=O) groups is 2. The molecule has 0 bridgehead atoms. The Morgan fingerprint density at radius 3 is 2.37 bits per heavy atom. The van der Waals surface area contributed by atoms with Crippen LogP contribution in [0.25, 0.3) is 0 Å². The van der Waals surface area contributed by atoms with E-state index in [4.69, 9.17) is 16.3 Å². The van der Waals surface area contributed by atoms with Crippen LogP contribution in [0.15, 0.2) is 42.5 Å². The molecule has 0 saturated carbocycles. The van der Waals surface area contributed by atoms with Gasteiger partial charge in [-0.3, -0.25) is 13.9 Å². The van der Waals surface area contributed by atoms with Crippen molar-refractivity contribution in [2.75, 3.05) is 31.3 Å². The highest BCUT2D eigenvalue weighted by molar-refractivity contribution is 7.92. The van der Waals surface area contributed by atoms with Gasteiger partial charge in [0.2, 0.25) is 21.8 Å². The molecule has 0 aliphatic rings. The molecule has 0 aliphatic carbocycles. The Bertz CT molecular complexity index is 1190. The topological polar surface area (TPSA) is 96.0 Å². The van der Waals surface area contributed by atoms with Gasteiger partial charge in [0.15, 0.2) is 0 Å². The van der Waals surface area contributed by atoms with E-state index >= 15 is 0 Å². The summed E-state index contributed by atoms with van der Waals surface area (Å²) >= 11 is 5.65. The normalized spacial score (nSPS) is 12.6. The number of halogens is 4. The highest BCUT2D eigenvalue weighted by atomic mass is 35.5. The number of anilines is 1. The van der Waals surface area contributed by atoms with Crippen molar-refractivity contribution in [3.63, 3.8) is 0 Å². The smallest absolute Gasteiger partial charge is 0.417 e. The van der Waals surface area contributed by atoms with Crippen molar-refractivity contribution >= 4 is 39.1 Å². The lowest BCUT2D eigenvalue weighted by Crippen LogP contribution is -2.50. The molecule has 2 rings (SSSR count). The molecule has 0 fully saturated rings. The maximum Gasteiger partial charge on any atom is 0.417 e. The zero-order valence-corrected chi connectivity index (χ0v) is 21.0. The van der Waals surface area contributed by atoms with E-state index in [-0.39, 0.29) is 6.54 Å². The molecule has 0 aromatic heterocycles. The molecule has 8 nitrogen and oxygen atoms in total. The molecular weight excluding hydrogens is 511 g/mol. The number of sulfonamides is 1. The fraction of sp³-hybridized carbons (Fsp3) is 0.364. The third-order valence-corrected chi connectivity index (χ3v) is 6.59. The van der Waals surface area contributed by atoms with Gasteiger partial charge in [-0.1, -0.05) is 23.7 Å². The van der Waals surface area contributed by atoms with Gasteiger partial charge in [-0.05, 0) is 42.8 Å². The number of benzene rings is 2. The van der Waals surface area contributed by atoms with Crippen molar-refractivity contribution in [3.8, 4) is 5.75 Å². The summed E-state index contributed by atoms with van der Waals surface area (Å²) in [6.45, 7) is 0.519. The van der Waals surface area contributed by atoms with E-state index < -0.39 is 56.9 Å². The number of hydrogen-bond acceptors (Lipinski definition) is 5.